The number of methoxy groups -OCH3 is 1. The Balaban J connectivity index is 2.23. The Bertz CT molecular complexity index is 634. The minimum absolute atomic E-state index is 0.257. The molecule has 0 saturated carbocycles. The van der Waals surface area contributed by atoms with Gasteiger partial charge >= 0.3 is 0 Å². The average molecular weight is 294 g/mol. The van der Waals surface area contributed by atoms with Crippen molar-refractivity contribution in [1.82, 2.24) is 4.31 Å². The summed E-state index contributed by atoms with van der Waals surface area (Å²) < 4.78 is 31.7. The first-order chi connectivity index (χ1) is 9.48. The van der Waals surface area contributed by atoms with E-state index in [9.17, 15) is 8.42 Å². The molecule has 1 aromatic rings. The largest absolute Gasteiger partial charge is 0.384 e. The highest BCUT2D eigenvalue weighted by Crippen LogP contribution is 2.25. The SMILES string of the molecule is COCC1CCN(S(=O)(=O)c2ccc(C#N)c(C)c2)C1. The van der Waals surface area contributed by atoms with Gasteiger partial charge in [0.25, 0.3) is 0 Å². The summed E-state index contributed by atoms with van der Waals surface area (Å²) in [7, 11) is -1.84. The quantitative estimate of drug-likeness (QED) is 0.844. The standard InChI is InChI=1S/C14H18N2O3S/c1-11-7-14(4-3-13(11)8-15)20(17,18)16-6-5-12(9-16)10-19-2/h3-4,7,12H,5-6,9-10H2,1-2H3. The number of hydrogen-bond donors (Lipinski definition) is 0. The number of nitriles is 1. The molecular weight excluding hydrogens is 276 g/mol. The summed E-state index contributed by atoms with van der Waals surface area (Å²) in [4.78, 5) is 0.257. The molecule has 0 amide bonds. The molecule has 6 heteroatoms. The van der Waals surface area contributed by atoms with Gasteiger partial charge in [-0.25, -0.2) is 8.42 Å². The highest BCUT2D eigenvalue weighted by atomic mass is 32.2. The van der Waals surface area contributed by atoms with Crippen LogP contribution in [-0.2, 0) is 14.8 Å². The summed E-state index contributed by atoms with van der Waals surface area (Å²) >= 11 is 0. The number of sulfonamides is 1. The molecule has 1 aliphatic rings. The van der Waals surface area contributed by atoms with Crippen molar-refractivity contribution in [1.29, 1.82) is 5.26 Å². The second-order valence-electron chi connectivity index (χ2n) is 5.06. The number of hydrogen-bond acceptors (Lipinski definition) is 4. The van der Waals surface area contributed by atoms with Crippen molar-refractivity contribution < 1.29 is 13.2 Å². The van der Waals surface area contributed by atoms with Gasteiger partial charge in [-0.1, -0.05) is 0 Å². The van der Waals surface area contributed by atoms with Crippen LogP contribution in [0.2, 0.25) is 0 Å². The number of ether oxygens (including phenoxy) is 1. The van der Waals surface area contributed by atoms with Crippen LogP contribution in [0.1, 0.15) is 17.5 Å². The van der Waals surface area contributed by atoms with Crippen LogP contribution in [0.25, 0.3) is 0 Å². The van der Waals surface area contributed by atoms with Crippen LogP contribution >= 0.6 is 0 Å². The second-order valence-corrected chi connectivity index (χ2v) is 7.00. The Morgan fingerprint density at radius 1 is 1.50 bits per heavy atom. The molecule has 2 rings (SSSR count). The summed E-state index contributed by atoms with van der Waals surface area (Å²) in [6.07, 6.45) is 0.822. The smallest absolute Gasteiger partial charge is 0.243 e. The highest BCUT2D eigenvalue weighted by Gasteiger charge is 2.32. The molecule has 0 aromatic heterocycles. The van der Waals surface area contributed by atoms with E-state index >= 15 is 0 Å². The molecule has 1 unspecified atom stereocenters. The fourth-order valence-corrected chi connectivity index (χ4v) is 4.07. The van der Waals surface area contributed by atoms with Crippen LogP contribution in [-0.4, -0.2) is 39.5 Å². The highest BCUT2D eigenvalue weighted by molar-refractivity contribution is 7.89. The molecule has 0 bridgehead atoms. The molecule has 1 saturated heterocycles. The van der Waals surface area contributed by atoms with Gasteiger partial charge in [0, 0.05) is 20.2 Å². The van der Waals surface area contributed by atoms with Crippen LogP contribution < -0.4 is 0 Å². The van der Waals surface area contributed by atoms with Crippen LogP contribution in [0.15, 0.2) is 23.1 Å². The van der Waals surface area contributed by atoms with E-state index in [1.807, 2.05) is 6.07 Å². The van der Waals surface area contributed by atoms with Gasteiger partial charge < -0.3 is 4.74 Å². The van der Waals surface area contributed by atoms with E-state index in [0.717, 1.165) is 6.42 Å². The van der Waals surface area contributed by atoms with E-state index in [2.05, 4.69) is 0 Å². The van der Waals surface area contributed by atoms with Crippen molar-refractivity contribution >= 4 is 10.0 Å². The van der Waals surface area contributed by atoms with Gasteiger partial charge in [-0.15, -0.1) is 0 Å². The van der Waals surface area contributed by atoms with E-state index in [0.29, 0.717) is 30.8 Å². The molecule has 0 spiro atoms. The molecule has 108 valence electrons. The van der Waals surface area contributed by atoms with E-state index < -0.39 is 10.0 Å². The summed E-state index contributed by atoms with van der Waals surface area (Å²) in [5, 5.41) is 8.89. The minimum Gasteiger partial charge on any atom is -0.384 e. The van der Waals surface area contributed by atoms with Crippen molar-refractivity contribution in [2.75, 3.05) is 26.8 Å². The lowest BCUT2D eigenvalue weighted by atomic mass is 10.1. The molecule has 1 heterocycles. The van der Waals surface area contributed by atoms with Gasteiger partial charge in [0.15, 0.2) is 0 Å². The zero-order valence-corrected chi connectivity index (χ0v) is 12.5. The number of nitrogens with zero attached hydrogens (tertiary/aromatic N) is 2. The Kier molecular flexibility index (Phi) is 4.43. The second kappa shape index (κ2) is 5.92. The van der Waals surface area contributed by atoms with Crippen LogP contribution in [0.5, 0.6) is 0 Å². The summed E-state index contributed by atoms with van der Waals surface area (Å²) in [5.41, 5.74) is 1.18. The zero-order valence-electron chi connectivity index (χ0n) is 11.7. The molecule has 1 fully saturated rings. The first-order valence-electron chi connectivity index (χ1n) is 6.49. The molecule has 0 aliphatic carbocycles. The van der Waals surface area contributed by atoms with E-state index in [4.69, 9.17) is 10.00 Å². The maximum Gasteiger partial charge on any atom is 0.243 e. The number of rotatable bonds is 4. The molecule has 1 aliphatic heterocycles. The molecule has 20 heavy (non-hydrogen) atoms. The van der Waals surface area contributed by atoms with Gasteiger partial charge in [-0.05, 0) is 43.0 Å². The monoisotopic (exact) mass is 294 g/mol. The lowest BCUT2D eigenvalue weighted by Crippen LogP contribution is -2.29. The van der Waals surface area contributed by atoms with Crippen LogP contribution in [0.4, 0.5) is 0 Å². The predicted molar refractivity (Wildman–Crippen MR) is 74.6 cm³/mol. The molecule has 1 aromatic carbocycles. The van der Waals surface area contributed by atoms with Crippen LogP contribution in [0, 0.1) is 24.2 Å². The summed E-state index contributed by atoms with van der Waals surface area (Å²) in [5.74, 6) is 0.259. The lowest BCUT2D eigenvalue weighted by molar-refractivity contribution is 0.157. The van der Waals surface area contributed by atoms with Crippen molar-refractivity contribution in [2.45, 2.75) is 18.2 Å². The minimum atomic E-state index is -3.47. The van der Waals surface area contributed by atoms with Gasteiger partial charge in [0.05, 0.1) is 23.1 Å². The molecular formula is C14H18N2O3S. The Morgan fingerprint density at radius 3 is 2.85 bits per heavy atom. The normalized spacial score (nSPS) is 19.9. The fourth-order valence-electron chi connectivity index (χ4n) is 2.46. The zero-order chi connectivity index (χ0) is 14.8. The fraction of sp³-hybridized carbons (Fsp3) is 0.500. The Labute approximate surface area is 119 Å². The summed E-state index contributed by atoms with van der Waals surface area (Å²) in [6.45, 7) is 3.35. The molecule has 1 atom stereocenters. The molecule has 5 nitrogen and oxygen atoms in total. The first-order valence-corrected chi connectivity index (χ1v) is 7.93. The molecule has 0 radical (unpaired) electrons. The third-order valence-corrected chi connectivity index (χ3v) is 5.47. The maximum absolute atomic E-state index is 12.5. The summed E-state index contributed by atoms with van der Waals surface area (Å²) in [6, 6.07) is 6.67. The topological polar surface area (TPSA) is 70.4 Å². The maximum atomic E-state index is 12.5. The van der Waals surface area contributed by atoms with Crippen molar-refractivity contribution in [3.63, 3.8) is 0 Å². The van der Waals surface area contributed by atoms with E-state index in [1.165, 1.54) is 10.4 Å². The van der Waals surface area contributed by atoms with Gasteiger partial charge in [-0.3, -0.25) is 0 Å². The van der Waals surface area contributed by atoms with Crippen LogP contribution in [0.3, 0.4) is 0 Å². The Morgan fingerprint density at radius 2 is 2.25 bits per heavy atom. The van der Waals surface area contributed by atoms with E-state index in [-0.39, 0.29) is 10.8 Å². The van der Waals surface area contributed by atoms with Crippen molar-refractivity contribution in [2.24, 2.45) is 5.92 Å². The third kappa shape index (κ3) is 2.85. The third-order valence-electron chi connectivity index (χ3n) is 3.61. The Hall–Kier alpha value is -1.42. The van der Waals surface area contributed by atoms with Gasteiger partial charge in [-0.2, -0.15) is 9.57 Å². The van der Waals surface area contributed by atoms with Crippen molar-refractivity contribution in [3.8, 4) is 6.07 Å². The van der Waals surface area contributed by atoms with Crippen molar-refractivity contribution in [3.05, 3.63) is 29.3 Å². The number of benzene rings is 1. The average Bonchev–Trinajstić information content (AvgIpc) is 2.88. The first kappa shape index (κ1) is 15.0. The number of aryl methyl sites for hydroxylation is 1. The van der Waals surface area contributed by atoms with Gasteiger partial charge in [0.1, 0.15) is 0 Å². The molecule has 0 N–H and O–H groups in total. The van der Waals surface area contributed by atoms with Gasteiger partial charge in [0.2, 0.25) is 10.0 Å². The predicted octanol–water partition coefficient (Wildman–Crippen LogP) is 1.52. The van der Waals surface area contributed by atoms with E-state index in [1.54, 1.807) is 26.2 Å². The lowest BCUT2D eigenvalue weighted by Gasteiger charge is -2.17.